The topological polar surface area (TPSA) is 37.8 Å². The van der Waals surface area contributed by atoms with Crippen LogP contribution < -0.4 is 0 Å². The predicted octanol–water partition coefficient (Wildman–Crippen LogP) is 1.29. The Morgan fingerprint density at radius 1 is 1.16 bits per heavy atom. The molecule has 0 spiro atoms. The van der Waals surface area contributed by atoms with Crippen molar-refractivity contribution in [1.82, 2.24) is 14.8 Å². The van der Waals surface area contributed by atoms with Gasteiger partial charge in [-0.15, -0.1) is 0 Å². The summed E-state index contributed by atoms with van der Waals surface area (Å²) >= 11 is 0. The van der Waals surface area contributed by atoms with Crippen molar-refractivity contribution in [3.8, 4) is 0 Å². The highest BCUT2D eigenvalue weighted by Gasteiger charge is 2.12. The standard InChI is InChI=1S/C14H21N3O2/c1-18-10-11-19-9-8-16-6-7-17(13-16)12-14-4-2-3-5-15-14/h2-7H,8-13H2,1H3. The van der Waals surface area contributed by atoms with E-state index in [1.165, 1.54) is 0 Å². The molecule has 0 bridgehead atoms. The molecule has 19 heavy (non-hydrogen) atoms. The second-order valence-electron chi connectivity index (χ2n) is 4.43. The summed E-state index contributed by atoms with van der Waals surface area (Å²) in [6, 6.07) is 6.00. The molecule has 1 aromatic heterocycles. The first-order valence-electron chi connectivity index (χ1n) is 6.51. The number of rotatable bonds is 8. The summed E-state index contributed by atoms with van der Waals surface area (Å²) in [7, 11) is 1.68. The van der Waals surface area contributed by atoms with Crippen LogP contribution in [0.5, 0.6) is 0 Å². The highest BCUT2D eigenvalue weighted by molar-refractivity contribution is 5.05. The summed E-state index contributed by atoms with van der Waals surface area (Å²) in [4.78, 5) is 8.80. The van der Waals surface area contributed by atoms with Gasteiger partial charge in [0.15, 0.2) is 0 Å². The second kappa shape index (κ2) is 7.76. The van der Waals surface area contributed by atoms with Crippen molar-refractivity contribution in [1.29, 1.82) is 0 Å². The molecule has 0 aliphatic carbocycles. The van der Waals surface area contributed by atoms with Crippen molar-refractivity contribution >= 4 is 0 Å². The minimum Gasteiger partial charge on any atom is -0.382 e. The molecular formula is C14H21N3O2. The van der Waals surface area contributed by atoms with Crippen LogP contribution in [0, 0.1) is 0 Å². The Labute approximate surface area is 114 Å². The van der Waals surface area contributed by atoms with Gasteiger partial charge < -0.3 is 19.3 Å². The zero-order valence-corrected chi connectivity index (χ0v) is 11.4. The van der Waals surface area contributed by atoms with E-state index in [2.05, 4.69) is 27.2 Å². The molecule has 0 N–H and O–H groups in total. The number of pyridine rings is 1. The number of ether oxygens (including phenoxy) is 2. The number of nitrogens with zero attached hydrogens (tertiary/aromatic N) is 3. The van der Waals surface area contributed by atoms with Gasteiger partial charge in [-0.3, -0.25) is 4.98 Å². The van der Waals surface area contributed by atoms with Crippen LogP contribution in [0.1, 0.15) is 5.69 Å². The minimum atomic E-state index is 0.654. The van der Waals surface area contributed by atoms with Gasteiger partial charge in [0.1, 0.15) is 0 Å². The zero-order valence-electron chi connectivity index (χ0n) is 11.4. The number of hydrogen-bond donors (Lipinski definition) is 0. The Kier molecular flexibility index (Phi) is 5.65. The molecule has 2 heterocycles. The van der Waals surface area contributed by atoms with Crippen molar-refractivity contribution in [3.05, 3.63) is 42.5 Å². The predicted molar refractivity (Wildman–Crippen MR) is 73.2 cm³/mol. The molecule has 1 aliphatic rings. The molecule has 0 radical (unpaired) electrons. The number of hydrogen-bond acceptors (Lipinski definition) is 5. The SMILES string of the molecule is COCCOCCN1C=CN(Cc2ccccn2)C1. The maximum absolute atomic E-state index is 5.46. The monoisotopic (exact) mass is 263 g/mol. The summed E-state index contributed by atoms with van der Waals surface area (Å²) in [6.45, 7) is 4.68. The third kappa shape index (κ3) is 4.89. The maximum atomic E-state index is 5.46. The normalized spacial score (nSPS) is 14.4. The molecular weight excluding hydrogens is 242 g/mol. The van der Waals surface area contributed by atoms with Crippen LogP contribution in [0.3, 0.4) is 0 Å². The fraction of sp³-hybridized carbons (Fsp3) is 0.500. The lowest BCUT2D eigenvalue weighted by atomic mass is 10.3. The third-order valence-electron chi connectivity index (χ3n) is 2.90. The van der Waals surface area contributed by atoms with Gasteiger partial charge in [-0.2, -0.15) is 0 Å². The molecule has 0 unspecified atom stereocenters. The van der Waals surface area contributed by atoms with Crippen LogP contribution in [-0.2, 0) is 16.0 Å². The first-order chi connectivity index (χ1) is 9.38. The maximum Gasteiger partial charge on any atom is 0.0898 e. The lowest BCUT2D eigenvalue weighted by Gasteiger charge is -2.20. The van der Waals surface area contributed by atoms with Gasteiger partial charge in [0, 0.05) is 32.3 Å². The van der Waals surface area contributed by atoms with Crippen molar-refractivity contribution < 1.29 is 9.47 Å². The molecule has 0 saturated heterocycles. The molecule has 1 aliphatic heterocycles. The first-order valence-corrected chi connectivity index (χ1v) is 6.51. The fourth-order valence-corrected chi connectivity index (χ4v) is 1.89. The molecule has 5 heteroatoms. The van der Waals surface area contributed by atoms with Gasteiger partial charge >= 0.3 is 0 Å². The summed E-state index contributed by atoms with van der Waals surface area (Å²) in [5, 5.41) is 0. The van der Waals surface area contributed by atoms with Crippen LogP contribution in [0.15, 0.2) is 36.8 Å². The van der Waals surface area contributed by atoms with Crippen molar-refractivity contribution in [2.75, 3.05) is 40.1 Å². The summed E-state index contributed by atoms with van der Waals surface area (Å²) in [5.41, 5.74) is 1.09. The summed E-state index contributed by atoms with van der Waals surface area (Å²) in [5.74, 6) is 0. The average Bonchev–Trinajstić information content (AvgIpc) is 2.87. The molecule has 0 saturated carbocycles. The lowest BCUT2D eigenvalue weighted by molar-refractivity contribution is 0.0606. The van der Waals surface area contributed by atoms with Gasteiger partial charge in [-0.1, -0.05) is 6.07 Å². The molecule has 0 amide bonds. The molecule has 104 valence electrons. The van der Waals surface area contributed by atoms with Crippen molar-refractivity contribution in [2.45, 2.75) is 6.54 Å². The summed E-state index contributed by atoms with van der Waals surface area (Å²) < 4.78 is 10.4. The number of aromatic nitrogens is 1. The van der Waals surface area contributed by atoms with Crippen LogP contribution in [-0.4, -0.2) is 54.9 Å². The Bertz CT molecular complexity index is 384. The Morgan fingerprint density at radius 3 is 2.84 bits per heavy atom. The quantitative estimate of drug-likeness (QED) is 0.661. The van der Waals surface area contributed by atoms with E-state index >= 15 is 0 Å². The van der Waals surface area contributed by atoms with Gasteiger partial charge in [-0.25, -0.2) is 0 Å². The Balaban J connectivity index is 1.62. The van der Waals surface area contributed by atoms with E-state index in [1.807, 2.05) is 24.4 Å². The Morgan fingerprint density at radius 2 is 2.05 bits per heavy atom. The van der Waals surface area contributed by atoms with Crippen LogP contribution in [0.2, 0.25) is 0 Å². The van der Waals surface area contributed by atoms with Gasteiger partial charge in [-0.05, 0) is 12.1 Å². The van der Waals surface area contributed by atoms with E-state index < -0.39 is 0 Å². The zero-order chi connectivity index (χ0) is 13.3. The molecule has 2 rings (SSSR count). The van der Waals surface area contributed by atoms with E-state index in [0.717, 1.165) is 32.1 Å². The minimum absolute atomic E-state index is 0.654. The third-order valence-corrected chi connectivity index (χ3v) is 2.90. The lowest BCUT2D eigenvalue weighted by Crippen LogP contribution is -2.28. The molecule has 0 atom stereocenters. The smallest absolute Gasteiger partial charge is 0.0898 e. The second-order valence-corrected chi connectivity index (χ2v) is 4.43. The van der Waals surface area contributed by atoms with E-state index in [9.17, 15) is 0 Å². The molecule has 1 aromatic rings. The van der Waals surface area contributed by atoms with Crippen LogP contribution in [0.25, 0.3) is 0 Å². The summed E-state index contributed by atoms with van der Waals surface area (Å²) in [6.07, 6.45) is 6.03. The number of methoxy groups -OCH3 is 1. The molecule has 5 nitrogen and oxygen atoms in total. The average molecular weight is 263 g/mol. The van der Waals surface area contributed by atoms with E-state index in [4.69, 9.17) is 9.47 Å². The van der Waals surface area contributed by atoms with Crippen LogP contribution >= 0.6 is 0 Å². The van der Waals surface area contributed by atoms with Crippen LogP contribution in [0.4, 0.5) is 0 Å². The van der Waals surface area contributed by atoms with E-state index in [1.54, 1.807) is 7.11 Å². The van der Waals surface area contributed by atoms with Crippen molar-refractivity contribution in [2.24, 2.45) is 0 Å². The highest BCUT2D eigenvalue weighted by Crippen LogP contribution is 2.09. The highest BCUT2D eigenvalue weighted by atomic mass is 16.5. The largest absolute Gasteiger partial charge is 0.382 e. The first kappa shape index (κ1) is 13.8. The Hall–Kier alpha value is -1.59. The van der Waals surface area contributed by atoms with Gasteiger partial charge in [0.25, 0.3) is 0 Å². The van der Waals surface area contributed by atoms with E-state index in [-0.39, 0.29) is 0 Å². The van der Waals surface area contributed by atoms with Gasteiger partial charge in [0.2, 0.25) is 0 Å². The molecule has 0 aromatic carbocycles. The van der Waals surface area contributed by atoms with Crippen molar-refractivity contribution in [3.63, 3.8) is 0 Å². The van der Waals surface area contributed by atoms with Gasteiger partial charge in [0.05, 0.1) is 38.7 Å². The fourth-order valence-electron chi connectivity index (χ4n) is 1.89. The van der Waals surface area contributed by atoms with E-state index in [0.29, 0.717) is 13.2 Å². The molecule has 0 fully saturated rings.